The van der Waals surface area contributed by atoms with Crippen LogP contribution in [0, 0.1) is 0 Å². The highest BCUT2D eigenvalue weighted by atomic mass is 32.2. The molecule has 12 nitrogen and oxygen atoms in total. The minimum atomic E-state index is -1.82. The van der Waals surface area contributed by atoms with Crippen LogP contribution in [0.1, 0.15) is 6.92 Å². The molecule has 166 valence electrons. The predicted molar refractivity (Wildman–Crippen MR) is 96.7 cm³/mol. The summed E-state index contributed by atoms with van der Waals surface area (Å²) < 4.78 is 22.4. The van der Waals surface area contributed by atoms with E-state index in [2.05, 4.69) is 10.6 Å². The van der Waals surface area contributed by atoms with Gasteiger partial charge in [0.25, 0.3) is 0 Å². The lowest BCUT2D eigenvalue weighted by Crippen LogP contribution is -2.64. The van der Waals surface area contributed by atoms with E-state index in [0.717, 1.165) is 0 Å². The first-order valence-electron chi connectivity index (χ1n) is 9.11. The molecule has 0 bridgehead atoms. The number of thioether (sulfide) groups is 1. The van der Waals surface area contributed by atoms with Gasteiger partial charge in [0.05, 0.1) is 12.6 Å². The van der Waals surface area contributed by atoms with Crippen molar-refractivity contribution in [2.24, 2.45) is 0 Å². The van der Waals surface area contributed by atoms with Crippen molar-refractivity contribution in [2.45, 2.75) is 68.3 Å². The van der Waals surface area contributed by atoms with E-state index < -0.39 is 61.3 Å². The van der Waals surface area contributed by atoms with Gasteiger partial charge in [0.2, 0.25) is 5.91 Å². The average Bonchev–Trinajstić information content (AvgIpc) is 3.43. The van der Waals surface area contributed by atoms with Crippen LogP contribution < -0.4 is 10.6 Å². The maximum atomic E-state index is 11.7. The highest BCUT2D eigenvalue weighted by molar-refractivity contribution is 7.98. The molecule has 29 heavy (non-hydrogen) atoms. The Balaban J connectivity index is 1.75. The smallest absolute Gasteiger partial charge is 0.335 e. The molecule has 3 fully saturated rings. The van der Waals surface area contributed by atoms with Gasteiger partial charge in [-0.1, -0.05) is 0 Å². The molecule has 0 radical (unpaired) electrons. The maximum absolute atomic E-state index is 11.7. The molecule has 0 aromatic rings. The lowest BCUT2D eigenvalue weighted by atomic mass is 9.98. The molecule has 3 aliphatic rings. The van der Waals surface area contributed by atoms with Gasteiger partial charge in [0.15, 0.2) is 18.7 Å². The molecule has 0 spiro atoms. The highest BCUT2D eigenvalue weighted by Crippen LogP contribution is 2.34. The number of amides is 1. The van der Waals surface area contributed by atoms with Crippen LogP contribution in [0.5, 0.6) is 0 Å². The molecule has 3 rings (SSSR count). The average molecular weight is 438 g/mol. The quantitative estimate of drug-likeness (QED) is 0.165. The van der Waals surface area contributed by atoms with Crippen LogP contribution in [0.3, 0.4) is 0 Å². The van der Waals surface area contributed by atoms with Crippen molar-refractivity contribution in [2.75, 3.05) is 18.6 Å². The van der Waals surface area contributed by atoms with E-state index in [4.69, 9.17) is 18.9 Å². The number of fused-ring (bicyclic) bond motifs is 1. The number of ether oxygens (including phenoxy) is 4. The molecule has 6 N–H and O–H groups in total. The van der Waals surface area contributed by atoms with Gasteiger partial charge in [-0.05, 0) is 6.26 Å². The highest BCUT2D eigenvalue weighted by Gasteiger charge is 2.58. The second-order valence-electron chi connectivity index (χ2n) is 7.04. The van der Waals surface area contributed by atoms with Crippen LogP contribution in [-0.4, -0.2) is 112 Å². The summed E-state index contributed by atoms with van der Waals surface area (Å²) in [7, 11) is 0. The van der Waals surface area contributed by atoms with E-state index in [1.54, 1.807) is 11.8 Å². The molecular formula is C16H26N2O10S. The molecule has 0 aromatic heterocycles. The fraction of sp³-hybridized carbons (Fsp3) is 0.875. The summed E-state index contributed by atoms with van der Waals surface area (Å²) in [6, 6.07) is -1.15. The second-order valence-corrected chi connectivity index (χ2v) is 8.03. The Hall–Kier alpha value is -1.03. The summed E-state index contributed by atoms with van der Waals surface area (Å²) in [5, 5.41) is 44.9. The monoisotopic (exact) mass is 438 g/mol. The number of carboxylic acid groups (broad SMARTS) is 1. The third kappa shape index (κ3) is 5.00. The van der Waals surface area contributed by atoms with Gasteiger partial charge in [0.1, 0.15) is 36.7 Å². The molecule has 0 saturated carbocycles. The SMILES string of the molecule is CSCCO[C@H]1OC2N[C@@H]2[C@H](O[C@H]2OC(C(=O)O)[C@H](O)[C@H](O)C2O)C1NC(C)=O. The number of aliphatic hydroxyl groups is 3. The Labute approximate surface area is 170 Å². The summed E-state index contributed by atoms with van der Waals surface area (Å²) >= 11 is 1.57. The van der Waals surface area contributed by atoms with Crippen molar-refractivity contribution in [3.05, 3.63) is 0 Å². The van der Waals surface area contributed by atoms with Crippen LogP contribution in [0.25, 0.3) is 0 Å². The number of aliphatic carboxylic acids is 1. The van der Waals surface area contributed by atoms with Crippen LogP contribution in [0.4, 0.5) is 0 Å². The first-order valence-corrected chi connectivity index (χ1v) is 10.5. The Bertz CT molecular complexity index is 612. The van der Waals surface area contributed by atoms with Crippen molar-refractivity contribution >= 4 is 23.6 Å². The standard InChI is InChI=1S/C16H26N2O10S/c1-5(19)17-7-11(6-13(18-6)28-15(7)25-3-4-29-2)26-16-10(22)8(20)9(21)12(27-16)14(23)24/h6-13,15-16,18,20-22H,3-4H2,1-2H3,(H,17,19)(H,23,24)/t6-,7?,8+,9-,10?,11+,12?,13?,15+,16+/m1/s1. The number of hydrogen-bond donors (Lipinski definition) is 6. The van der Waals surface area contributed by atoms with E-state index in [-0.39, 0.29) is 11.9 Å². The number of hydrogen-bond acceptors (Lipinski definition) is 11. The van der Waals surface area contributed by atoms with Crippen molar-refractivity contribution in [3.8, 4) is 0 Å². The normalized spacial score (nSPS) is 44.0. The third-order valence-electron chi connectivity index (χ3n) is 4.90. The summed E-state index contributed by atoms with van der Waals surface area (Å²) in [5.41, 5.74) is 0. The third-order valence-corrected chi connectivity index (χ3v) is 5.47. The zero-order chi connectivity index (χ0) is 21.3. The van der Waals surface area contributed by atoms with Crippen LogP contribution in [0.2, 0.25) is 0 Å². The molecule has 1 amide bonds. The second kappa shape index (κ2) is 9.41. The van der Waals surface area contributed by atoms with Crippen molar-refractivity contribution in [1.82, 2.24) is 10.6 Å². The molecule has 10 atom stereocenters. The predicted octanol–water partition coefficient (Wildman–Crippen LogP) is -3.20. The summed E-state index contributed by atoms with van der Waals surface area (Å²) in [4.78, 5) is 23.0. The Morgan fingerprint density at radius 1 is 1.14 bits per heavy atom. The molecule has 3 saturated heterocycles. The summed E-state index contributed by atoms with van der Waals surface area (Å²) in [6.45, 7) is 1.68. The van der Waals surface area contributed by atoms with Crippen molar-refractivity contribution < 1.29 is 49.0 Å². The largest absolute Gasteiger partial charge is 0.479 e. The fourth-order valence-electron chi connectivity index (χ4n) is 3.40. The number of carbonyl (C=O) groups is 2. The minimum absolute atomic E-state index is 0.362. The van der Waals surface area contributed by atoms with Crippen LogP contribution in [0.15, 0.2) is 0 Å². The van der Waals surface area contributed by atoms with Crippen LogP contribution in [-0.2, 0) is 28.5 Å². The Morgan fingerprint density at radius 3 is 2.48 bits per heavy atom. The molecule has 4 unspecified atom stereocenters. The Kier molecular flexibility index (Phi) is 7.35. The van der Waals surface area contributed by atoms with Gasteiger partial charge >= 0.3 is 5.97 Å². The van der Waals surface area contributed by atoms with Gasteiger partial charge in [-0.3, -0.25) is 10.1 Å². The van der Waals surface area contributed by atoms with Gasteiger partial charge < -0.3 is 44.7 Å². The number of carbonyl (C=O) groups excluding carboxylic acids is 1. The first kappa shape index (κ1) is 22.7. The zero-order valence-electron chi connectivity index (χ0n) is 15.8. The lowest BCUT2D eigenvalue weighted by Gasteiger charge is -2.42. The fourth-order valence-corrected chi connectivity index (χ4v) is 3.66. The number of carboxylic acids is 1. The molecule has 13 heteroatoms. The number of nitrogens with one attached hydrogen (secondary N) is 2. The topological polar surface area (TPSA) is 186 Å². The molecule has 3 heterocycles. The summed E-state index contributed by atoms with van der Waals surface area (Å²) in [5.74, 6) is -1.17. The van der Waals surface area contributed by atoms with E-state index in [1.165, 1.54) is 6.92 Å². The zero-order valence-corrected chi connectivity index (χ0v) is 16.7. The number of aliphatic hydroxyl groups excluding tert-OH is 3. The Morgan fingerprint density at radius 2 is 1.86 bits per heavy atom. The van der Waals surface area contributed by atoms with Crippen molar-refractivity contribution in [1.29, 1.82) is 0 Å². The number of rotatable bonds is 8. The first-order chi connectivity index (χ1) is 13.7. The van der Waals surface area contributed by atoms with Gasteiger partial charge in [-0.2, -0.15) is 11.8 Å². The van der Waals surface area contributed by atoms with Crippen LogP contribution >= 0.6 is 11.8 Å². The van der Waals surface area contributed by atoms with Gasteiger partial charge in [0, 0.05) is 12.7 Å². The summed E-state index contributed by atoms with van der Waals surface area (Å²) in [6.07, 6.45) is -8.79. The molecule has 0 aromatic carbocycles. The van der Waals surface area contributed by atoms with E-state index in [9.17, 15) is 30.0 Å². The molecular weight excluding hydrogens is 412 g/mol. The van der Waals surface area contributed by atoms with E-state index >= 15 is 0 Å². The molecule has 3 aliphatic heterocycles. The van der Waals surface area contributed by atoms with Gasteiger partial charge in [-0.25, -0.2) is 4.79 Å². The molecule has 0 aliphatic carbocycles. The van der Waals surface area contributed by atoms with E-state index in [0.29, 0.717) is 12.4 Å². The van der Waals surface area contributed by atoms with Crippen molar-refractivity contribution in [3.63, 3.8) is 0 Å². The van der Waals surface area contributed by atoms with E-state index in [1.807, 2.05) is 6.26 Å². The minimum Gasteiger partial charge on any atom is -0.479 e. The maximum Gasteiger partial charge on any atom is 0.335 e. The van der Waals surface area contributed by atoms with Gasteiger partial charge in [-0.15, -0.1) is 0 Å². The lowest BCUT2D eigenvalue weighted by molar-refractivity contribution is -0.316.